The molecule has 1 aromatic carbocycles. The summed E-state index contributed by atoms with van der Waals surface area (Å²) in [7, 11) is 0. The summed E-state index contributed by atoms with van der Waals surface area (Å²) >= 11 is 0. The summed E-state index contributed by atoms with van der Waals surface area (Å²) in [5.74, 6) is 0. The minimum absolute atomic E-state index is 0.111. The second-order valence-electron chi connectivity index (χ2n) is 5.67. The van der Waals surface area contributed by atoms with Gasteiger partial charge in [0.15, 0.2) is 0 Å². The van der Waals surface area contributed by atoms with Crippen molar-refractivity contribution in [3.05, 3.63) is 35.4 Å². The van der Waals surface area contributed by atoms with Crippen LogP contribution in [0.4, 0.5) is 13.2 Å². The molecule has 2 nitrogen and oxygen atoms in total. The molecule has 0 amide bonds. The molecule has 1 fully saturated rings. The summed E-state index contributed by atoms with van der Waals surface area (Å²) in [6.07, 6.45) is -2.40. The third-order valence-corrected chi connectivity index (χ3v) is 4.19. The fraction of sp³-hybridized carbons (Fsp3) is 0.600. The first-order chi connectivity index (χ1) is 9.29. The number of hydrogen-bond donors (Lipinski definition) is 1. The Morgan fingerprint density at radius 2 is 1.85 bits per heavy atom. The predicted molar refractivity (Wildman–Crippen MR) is 73.2 cm³/mol. The SMILES string of the molecule is CC1CC(N)CCN1C(C)c1ccc(C(F)(F)F)cc1. The lowest BCUT2D eigenvalue weighted by atomic mass is 9.95. The van der Waals surface area contributed by atoms with Crippen molar-refractivity contribution in [2.75, 3.05) is 6.54 Å². The van der Waals surface area contributed by atoms with Crippen molar-refractivity contribution in [3.8, 4) is 0 Å². The first-order valence-corrected chi connectivity index (χ1v) is 6.97. The van der Waals surface area contributed by atoms with E-state index in [-0.39, 0.29) is 12.1 Å². The molecule has 1 aliphatic rings. The van der Waals surface area contributed by atoms with Crippen LogP contribution in [0, 0.1) is 0 Å². The Balaban J connectivity index is 2.11. The van der Waals surface area contributed by atoms with E-state index in [1.165, 1.54) is 0 Å². The third kappa shape index (κ3) is 3.33. The maximum Gasteiger partial charge on any atom is 0.416 e. The van der Waals surface area contributed by atoms with Crippen molar-refractivity contribution in [2.24, 2.45) is 5.73 Å². The van der Waals surface area contributed by atoms with Crippen LogP contribution < -0.4 is 5.73 Å². The van der Waals surface area contributed by atoms with Crippen molar-refractivity contribution in [3.63, 3.8) is 0 Å². The molecule has 0 saturated carbocycles. The van der Waals surface area contributed by atoms with E-state index in [1.54, 1.807) is 12.1 Å². The highest BCUT2D eigenvalue weighted by Crippen LogP contribution is 2.32. The Kier molecular flexibility index (Phi) is 4.39. The van der Waals surface area contributed by atoms with Crippen LogP contribution in [0.5, 0.6) is 0 Å². The molecule has 2 rings (SSSR count). The third-order valence-electron chi connectivity index (χ3n) is 4.19. The van der Waals surface area contributed by atoms with E-state index < -0.39 is 11.7 Å². The number of alkyl halides is 3. The van der Waals surface area contributed by atoms with Gasteiger partial charge in [-0.1, -0.05) is 12.1 Å². The van der Waals surface area contributed by atoms with Crippen LogP contribution in [0.3, 0.4) is 0 Å². The van der Waals surface area contributed by atoms with E-state index in [0.29, 0.717) is 6.04 Å². The van der Waals surface area contributed by atoms with Gasteiger partial charge in [0.1, 0.15) is 0 Å². The molecule has 0 aromatic heterocycles. The van der Waals surface area contributed by atoms with Gasteiger partial charge in [-0.15, -0.1) is 0 Å². The number of rotatable bonds is 2. The van der Waals surface area contributed by atoms with Crippen LogP contribution in [0.1, 0.15) is 43.9 Å². The van der Waals surface area contributed by atoms with E-state index in [9.17, 15) is 13.2 Å². The van der Waals surface area contributed by atoms with Gasteiger partial charge in [0, 0.05) is 24.7 Å². The second kappa shape index (κ2) is 5.74. The average molecular weight is 286 g/mol. The molecule has 20 heavy (non-hydrogen) atoms. The molecule has 112 valence electrons. The summed E-state index contributed by atoms with van der Waals surface area (Å²) in [5.41, 5.74) is 6.26. The molecule has 0 radical (unpaired) electrons. The molecule has 1 aromatic rings. The maximum atomic E-state index is 12.6. The zero-order valence-electron chi connectivity index (χ0n) is 11.8. The summed E-state index contributed by atoms with van der Waals surface area (Å²) in [4.78, 5) is 2.31. The fourth-order valence-corrected chi connectivity index (χ4v) is 2.94. The number of nitrogens with two attached hydrogens (primary N) is 1. The maximum absolute atomic E-state index is 12.6. The van der Waals surface area contributed by atoms with Gasteiger partial charge in [0.05, 0.1) is 5.56 Å². The molecule has 0 bridgehead atoms. The van der Waals surface area contributed by atoms with Gasteiger partial charge in [0.2, 0.25) is 0 Å². The number of likely N-dealkylation sites (tertiary alicyclic amines) is 1. The number of piperidine rings is 1. The van der Waals surface area contributed by atoms with Crippen molar-refractivity contribution in [1.29, 1.82) is 0 Å². The van der Waals surface area contributed by atoms with Crippen LogP contribution in [-0.2, 0) is 6.18 Å². The van der Waals surface area contributed by atoms with Crippen LogP contribution in [0.15, 0.2) is 24.3 Å². The first-order valence-electron chi connectivity index (χ1n) is 6.97. The van der Waals surface area contributed by atoms with Crippen LogP contribution >= 0.6 is 0 Å². The summed E-state index contributed by atoms with van der Waals surface area (Å²) < 4.78 is 37.7. The topological polar surface area (TPSA) is 29.3 Å². The van der Waals surface area contributed by atoms with E-state index in [0.717, 1.165) is 37.1 Å². The summed E-state index contributed by atoms with van der Waals surface area (Å²) in [6, 6.07) is 6.18. The standard InChI is InChI=1S/C15H21F3N2/c1-10-9-14(19)7-8-20(10)11(2)12-3-5-13(6-4-12)15(16,17)18/h3-6,10-11,14H,7-9,19H2,1-2H3. The van der Waals surface area contributed by atoms with Crippen LogP contribution in [0.25, 0.3) is 0 Å². The van der Waals surface area contributed by atoms with E-state index in [2.05, 4.69) is 11.8 Å². The summed E-state index contributed by atoms with van der Waals surface area (Å²) in [5, 5.41) is 0. The lowest BCUT2D eigenvalue weighted by Gasteiger charge is -2.40. The highest BCUT2D eigenvalue weighted by Gasteiger charge is 2.31. The average Bonchev–Trinajstić information content (AvgIpc) is 2.37. The highest BCUT2D eigenvalue weighted by molar-refractivity contribution is 5.26. The quantitative estimate of drug-likeness (QED) is 0.900. The molecular weight excluding hydrogens is 265 g/mol. The number of nitrogens with zero attached hydrogens (tertiary/aromatic N) is 1. The Bertz CT molecular complexity index is 441. The van der Waals surface area contributed by atoms with E-state index >= 15 is 0 Å². The zero-order chi connectivity index (χ0) is 14.9. The Morgan fingerprint density at radius 3 is 2.35 bits per heavy atom. The van der Waals surface area contributed by atoms with Gasteiger partial charge < -0.3 is 5.73 Å². The molecule has 3 unspecified atom stereocenters. The monoisotopic (exact) mass is 286 g/mol. The van der Waals surface area contributed by atoms with Crippen molar-refractivity contribution in [2.45, 2.75) is 51.0 Å². The van der Waals surface area contributed by atoms with Gasteiger partial charge in [-0.3, -0.25) is 4.90 Å². The minimum Gasteiger partial charge on any atom is -0.328 e. The van der Waals surface area contributed by atoms with Gasteiger partial charge >= 0.3 is 6.18 Å². The highest BCUT2D eigenvalue weighted by atomic mass is 19.4. The largest absolute Gasteiger partial charge is 0.416 e. The zero-order valence-corrected chi connectivity index (χ0v) is 11.8. The molecule has 2 N–H and O–H groups in total. The molecule has 1 saturated heterocycles. The van der Waals surface area contributed by atoms with Crippen molar-refractivity contribution in [1.82, 2.24) is 4.90 Å². The number of halogens is 3. The molecular formula is C15H21F3N2. The van der Waals surface area contributed by atoms with Crippen molar-refractivity contribution >= 4 is 0 Å². The Labute approximate surface area is 117 Å². The fourth-order valence-electron chi connectivity index (χ4n) is 2.94. The Morgan fingerprint density at radius 1 is 1.25 bits per heavy atom. The van der Waals surface area contributed by atoms with Crippen molar-refractivity contribution < 1.29 is 13.2 Å². The lowest BCUT2D eigenvalue weighted by molar-refractivity contribution is -0.137. The molecule has 1 heterocycles. The Hall–Kier alpha value is -1.07. The normalized spacial score (nSPS) is 26.5. The van der Waals surface area contributed by atoms with Gasteiger partial charge in [0.25, 0.3) is 0 Å². The van der Waals surface area contributed by atoms with E-state index in [1.807, 2.05) is 6.92 Å². The van der Waals surface area contributed by atoms with Gasteiger partial charge in [-0.2, -0.15) is 13.2 Å². The number of hydrogen-bond acceptors (Lipinski definition) is 2. The molecule has 3 atom stereocenters. The molecule has 0 aliphatic carbocycles. The second-order valence-corrected chi connectivity index (χ2v) is 5.67. The predicted octanol–water partition coefficient (Wildman–Crippen LogP) is 3.58. The summed E-state index contributed by atoms with van der Waals surface area (Å²) in [6.45, 7) is 5.06. The van der Waals surface area contributed by atoms with Gasteiger partial charge in [-0.05, 0) is 44.4 Å². The smallest absolute Gasteiger partial charge is 0.328 e. The van der Waals surface area contributed by atoms with Crippen LogP contribution in [-0.4, -0.2) is 23.5 Å². The molecule has 0 spiro atoms. The minimum atomic E-state index is -4.27. The van der Waals surface area contributed by atoms with Crippen LogP contribution in [0.2, 0.25) is 0 Å². The van der Waals surface area contributed by atoms with E-state index in [4.69, 9.17) is 5.73 Å². The number of benzene rings is 1. The molecule has 5 heteroatoms. The first kappa shape index (κ1) is 15.3. The molecule has 1 aliphatic heterocycles. The lowest BCUT2D eigenvalue weighted by Crippen LogP contribution is -2.46. The van der Waals surface area contributed by atoms with Gasteiger partial charge in [-0.25, -0.2) is 0 Å².